The van der Waals surface area contributed by atoms with Crippen LogP contribution in [-0.2, 0) is 4.79 Å². The van der Waals surface area contributed by atoms with Gasteiger partial charge in [-0.15, -0.1) is 0 Å². The summed E-state index contributed by atoms with van der Waals surface area (Å²) < 4.78 is 0. The number of hydrogen-bond acceptors (Lipinski definition) is 1. The smallest absolute Gasteiger partial charge is 0.231 e. The molecule has 1 aliphatic heterocycles. The minimum atomic E-state index is 0.00445. The number of nitrogens with zero attached hydrogens (tertiary/aromatic N) is 1. The van der Waals surface area contributed by atoms with Crippen molar-refractivity contribution < 1.29 is 4.79 Å². The molecule has 1 rings (SSSR count). The van der Waals surface area contributed by atoms with Gasteiger partial charge in [-0.2, -0.15) is 0 Å². The second kappa shape index (κ2) is 13.4. The highest BCUT2D eigenvalue weighted by molar-refractivity contribution is 5.83. The number of amides is 1. The second-order valence-electron chi connectivity index (χ2n) is 11.2. The van der Waals surface area contributed by atoms with Gasteiger partial charge in [-0.05, 0) is 54.1 Å². The summed E-state index contributed by atoms with van der Waals surface area (Å²) in [7, 11) is 0. The number of carbonyl (C=O) groups excluding carboxylic acids is 1. The Balaban J connectivity index is 0. The van der Waals surface area contributed by atoms with Gasteiger partial charge in [0, 0.05) is 18.2 Å². The molecular weight excluding hydrogens is 366 g/mol. The van der Waals surface area contributed by atoms with Crippen molar-refractivity contribution in [3.8, 4) is 0 Å². The molecule has 0 aromatic rings. The number of allylic oxidation sites excluding steroid dienone is 3. The van der Waals surface area contributed by atoms with E-state index < -0.39 is 0 Å². The van der Waals surface area contributed by atoms with Crippen LogP contribution >= 0.6 is 0 Å². The van der Waals surface area contributed by atoms with Gasteiger partial charge in [0.05, 0.1) is 0 Å². The van der Waals surface area contributed by atoms with Gasteiger partial charge in [-0.1, -0.05) is 103 Å². The molecule has 0 spiro atoms. The van der Waals surface area contributed by atoms with Crippen LogP contribution in [0.4, 0.5) is 0 Å². The highest BCUT2D eigenvalue weighted by Gasteiger charge is 2.37. The van der Waals surface area contributed by atoms with Crippen molar-refractivity contribution in [2.45, 2.75) is 123 Å². The van der Waals surface area contributed by atoms with Gasteiger partial charge in [0.15, 0.2) is 0 Å². The van der Waals surface area contributed by atoms with E-state index in [-0.39, 0.29) is 17.4 Å². The molecule has 30 heavy (non-hydrogen) atoms. The first-order valence-corrected chi connectivity index (χ1v) is 12.3. The summed E-state index contributed by atoms with van der Waals surface area (Å²) in [4.78, 5) is 15.3. The van der Waals surface area contributed by atoms with E-state index in [1.54, 1.807) is 0 Å². The molecule has 0 saturated heterocycles. The van der Waals surface area contributed by atoms with E-state index in [1.165, 1.54) is 22.4 Å². The number of carbonyl (C=O) groups is 1. The minimum absolute atomic E-state index is 0.00445. The Morgan fingerprint density at radius 2 is 1.07 bits per heavy atom. The first kappa shape index (κ1) is 31.1. The van der Waals surface area contributed by atoms with Crippen LogP contribution in [0.25, 0.3) is 0 Å². The Labute approximate surface area is 190 Å². The first-order chi connectivity index (χ1) is 13.5. The van der Waals surface area contributed by atoms with Gasteiger partial charge in [-0.25, -0.2) is 0 Å². The normalized spacial score (nSPS) is 15.8. The first-order valence-electron chi connectivity index (χ1n) is 12.3. The monoisotopic (exact) mass is 421 g/mol. The molecule has 0 atom stereocenters. The van der Waals surface area contributed by atoms with Crippen molar-refractivity contribution in [1.82, 2.24) is 4.90 Å². The predicted molar refractivity (Wildman–Crippen MR) is 136 cm³/mol. The lowest BCUT2D eigenvalue weighted by Crippen LogP contribution is -2.38. The van der Waals surface area contributed by atoms with Gasteiger partial charge in [0.2, 0.25) is 5.91 Å². The Kier molecular flexibility index (Phi) is 13.9. The molecule has 178 valence electrons. The highest BCUT2D eigenvalue weighted by Crippen LogP contribution is 2.44. The topological polar surface area (TPSA) is 20.3 Å². The largest absolute Gasteiger partial charge is 0.313 e. The zero-order chi connectivity index (χ0) is 24.6. The van der Waals surface area contributed by atoms with Crippen LogP contribution in [0, 0.1) is 29.1 Å². The fourth-order valence-electron chi connectivity index (χ4n) is 3.99. The average Bonchev–Trinajstić information content (AvgIpc) is 2.70. The Morgan fingerprint density at radius 1 is 0.700 bits per heavy atom. The van der Waals surface area contributed by atoms with Crippen molar-refractivity contribution in [2.24, 2.45) is 29.1 Å². The Hall–Kier alpha value is -1.05. The molecule has 0 aromatic carbocycles. The summed E-state index contributed by atoms with van der Waals surface area (Å²) in [5.41, 5.74) is 5.41. The third-order valence-electron chi connectivity index (χ3n) is 4.87. The van der Waals surface area contributed by atoms with Crippen molar-refractivity contribution in [2.75, 3.05) is 0 Å². The van der Waals surface area contributed by atoms with Crippen LogP contribution in [-0.4, -0.2) is 16.8 Å². The summed E-state index contributed by atoms with van der Waals surface area (Å²) in [6, 6.07) is 0.191. The molecule has 2 nitrogen and oxygen atoms in total. The van der Waals surface area contributed by atoms with Crippen LogP contribution in [0.15, 0.2) is 22.4 Å². The second-order valence-corrected chi connectivity index (χ2v) is 11.2. The SMILES string of the molecule is CC.CC(C)C.CC(C)C1=C(C(C)C)N(C(C)C)C(=O)CC(C(C)(C)C)=C1C(C)C. The molecule has 0 bridgehead atoms. The van der Waals surface area contributed by atoms with E-state index in [4.69, 9.17) is 0 Å². The van der Waals surface area contributed by atoms with Gasteiger partial charge >= 0.3 is 0 Å². The summed E-state index contributed by atoms with van der Waals surface area (Å²) in [6.45, 7) is 35.0. The van der Waals surface area contributed by atoms with E-state index in [0.717, 1.165) is 5.92 Å². The van der Waals surface area contributed by atoms with Crippen LogP contribution in [0.5, 0.6) is 0 Å². The van der Waals surface area contributed by atoms with E-state index in [0.29, 0.717) is 24.2 Å². The predicted octanol–water partition coefficient (Wildman–Crippen LogP) is 8.88. The minimum Gasteiger partial charge on any atom is -0.313 e. The number of rotatable bonds is 4. The van der Waals surface area contributed by atoms with Crippen LogP contribution < -0.4 is 0 Å². The third-order valence-corrected chi connectivity index (χ3v) is 4.87. The molecule has 0 aliphatic carbocycles. The molecule has 1 amide bonds. The van der Waals surface area contributed by atoms with E-state index in [1.807, 2.05) is 13.8 Å². The average molecular weight is 422 g/mol. The quantitative estimate of drug-likeness (QED) is 0.443. The molecule has 0 fully saturated rings. The van der Waals surface area contributed by atoms with Crippen molar-refractivity contribution in [1.29, 1.82) is 0 Å². The molecule has 1 aliphatic rings. The molecule has 0 radical (unpaired) electrons. The maximum atomic E-state index is 13.2. The molecular formula is C28H55NO. The Morgan fingerprint density at radius 3 is 1.30 bits per heavy atom. The van der Waals surface area contributed by atoms with Crippen LogP contribution in [0.2, 0.25) is 0 Å². The molecule has 0 unspecified atom stereocenters. The number of hydrogen-bond donors (Lipinski definition) is 0. The highest BCUT2D eigenvalue weighted by atomic mass is 16.2. The Bertz CT molecular complexity index is 577. The molecule has 1 heterocycles. The van der Waals surface area contributed by atoms with Crippen molar-refractivity contribution in [3.05, 3.63) is 22.4 Å². The maximum absolute atomic E-state index is 13.2. The standard InChI is InChI=1S/C22H39NO.C4H10.C2H6/c1-13(2)19-17(22(9,10)11)12-18(24)23(16(7)8)21(15(5)6)20(19)14(3)4;1-4(2)3;1-2/h13-16H,12H2,1-11H3;4H,1-3H3;1-2H3. The van der Waals surface area contributed by atoms with Crippen LogP contribution in [0.3, 0.4) is 0 Å². The van der Waals surface area contributed by atoms with Gasteiger partial charge < -0.3 is 4.90 Å². The van der Waals surface area contributed by atoms with Crippen molar-refractivity contribution in [3.63, 3.8) is 0 Å². The summed E-state index contributed by atoms with van der Waals surface area (Å²) in [6.07, 6.45) is 0.543. The third kappa shape index (κ3) is 8.98. The van der Waals surface area contributed by atoms with Crippen LogP contribution in [0.1, 0.15) is 117 Å². The zero-order valence-electron chi connectivity index (χ0n) is 23.4. The zero-order valence-corrected chi connectivity index (χ0v) is 23.4. The van der Waals surface area contributed by atoms with E-state index in [2.05, 4.69) is 102 Å². The molecule has 2 heteroatoms. The van der Waals surface area contributed by atoms with Crippen molar-refractivity contribution >= 4 is 5.91 Å². The fourth-order valence-corrected chi connectivity index (χ4v) is 3.99. The summed E-state index contributed by atoms with van der Waals surface area (Å²) in [5.74, 6) is 2.25. The van der Waals surface area contributed by atoms with E-state index >= 15 is 0 Å². The summed E-state index contributed by atoms with van der Waals surface area (Å²) >= 11 is 0. The molecule has 0 aromatic heterocycles. The van der Waals surface area contributed by atoms with E-state index in [9.17, 15) is 4.79 Å². The fraction of sp³-hybridized carbons (Fsp3) is 0.821. The lowest BCUT2D eigenvalue weighted by Gasteiger charge is -2.34. The summed E-state index contributed by atoms with van der Waals surface area (Å²) in [5, 5.41) is 0. The lowest BCUT2D eigenvalue weighted by atomic mass is 9.74. The van der Waals surface area contributed by atoms with Gasteiger partial charge in [-0.3, -0.25) is 4.79 Å². The molecule has 0 N–H and O–H groups in total. The lowest BCUT2D eigenvalue weighted by molar-refractivity contribution is -0.130. The molecule has 0 saturated carbocycles. The van der Waals surface area contributed by atoms with Gasteiger partial charge in [0.25, 0.3) is 0 Å². The van der Waals surface area contributed by atoms with Gasteiger partial charge in [0.1, 0.15) is 0 Å². The maximum Gasteiger partial charge on any atom is 0.231 e.